The first-order valence-electron chi connectivity index (χ1n) is 4.30. The van der Waals surface area contributed by atoms with Crippen molar-refractivity contribution in [3.05, 3.63) is 0 Å². The van der Waals surface area contributed by atoms with Gasteiger partial charge in [0.15, 0.2) is 0 Å². The minimum atomic E-state index is 0.565. The van der Waals surface area contributed by atoms with E-state index < -0.39 is 0 Å². The van der Waals surface area contributed by atoms with Crippen LogP contribution in [0.3, 0.4) is 0 Å². The van der Waals surface area contributed by atoms with E-state index in [1.165, 1.54) is 12.8 Å². The van der Waals surface area contributed by atoms with E-state index in [9.17, 15) is 0 Å². The van der Waals surface area contributed by atoms with E-state index in [1.54, 1.807) is 0 Å². The first-order valence-corrected chi connectivity index (χ1v) is 4.30. The van der Waals surface area contributed by atoms with Crippen molar-refractivity contribution in [1.82, 2.24) is 0 Å². The summed E-state index contributed by atoms with van der Waals surface area (Å²) < 4.78 is 5.58. The fraction of sp³-hybridized carbons (Fsp3) is 1.00. The molecule has 0 N–H and O–H groups in total. The molecule has 0 radical (unpaired) electrons. The Hall–Kier alpha value is -0.0400. The second kappa shape index (κ2) is 3.38. The van der Waals surface area contributed by atoms with Crippen LogP contribution in [0.25, 0.3) is 0 Å². The quantitative estimate of drug-likeness (QED) is 0.575. The lowest BCUT2D eigenvalue weighted by atomic mass is 10.0. The van der Waals surface area contributed by atoms with Crippen LogP contribution in [0.4, 0.5) is 0 Å². The molecule has 1 nitrogen and oxygen atoms in total. The maximum absolute atomic E-state index is 5.58. The van der Waals surface area contributed by atoms with E-state index in [0.717, 1.165) is 18.4 Å². The highest BCUT2D eigenvalue weighted by molar-refractivity contribution is 4.71. The fourth-order valence-electron chi connectivity index (χ4n) is 1.58. The Morgan fingerprint density at radius 2 is 2.20 bits per heavy atom. The van der Waals surface area contributed by atoms with Gasteiger partial charge in [-0.3, -0.25) is 0 Å². The molecule has 1 aliphatic rings. The third-order valence-corrected chi connectivity index (χ3v) is 2.02. The van der Waals surface area contributed by atoms with Gasteiger partial charge in [-0.2, -0.15) is 0 Å². The fourth-order valence-corrected chi connectivity index (χ4v) is 1.58. The molecule has 10 heavy (non-hydrogen) atoms. The molecule has 1 aliphatic heterocycles. The van der Waals surface area contributed by atoms with E-state index in [-0.39, 0.29) is 0 Å². The molecule has 0 aliphatic carbocycles. The Labute approximate surface area is 63.8 Å². The molecular formula is C9H18O. The van der Waals surface area contributed by atoms with Crippen LogP contribution >= 0.6 is 0 Å². The normalized spacial score (nSPS) is 33.6. The summed E-state index contributed by atoms with van der Waals surface area (Å²) in [6.07, 6.45) is 3.08. The predicted octanol–water partition coefficient (Wildman–Crippen LogP) is 2.46. The zero-order chi connectivity index (χ0) is 7.56. The van der Waals surface area contributed by atoms with Gasteiger partial charge in [-0.25, -0.2) is 0 Å². The van der Waals surface area contributed by atoms with Crippen molar-refractivity contribution < 1.29 is 4.74 Å². The number of ether oxygens (including phenoxy) is 1. The van der Waals surface area contributed by atoms with Gasteiger partial charge in [0.25, 0.3) is 0 Å². The molecule has 0 spiro atoms. The van der Waals surface area contributed by atoms with E-state index in [2.05, 4.69) is 20.8 Å². The highest BCUT2D eigenvalue weighted by atomic mass is 16.5. The minimum absolute atomic E-state index is 0.565. The molecule has 1 heterocycles. The first-order chi connectivity index (χ1) is 4.68. The molecule has 2 unspecified atom stereocenters. The summed E-state index contributed by atoms with van der Waals surface area (Å²) in [5.41, 5.74) is 0. The van der Waals surface area contributed by atoms with Crippen molar-refractivity contribution in [3.63, 3.8) is 0 Å². The van der Waals surface area contributed by atoms with Crippen molar-refractivity contribution in [3.8, 4) is 0 Å². The molecule has 0 bridgehead atoms. The van der Waals surface area contributed by atoms with Crippen LogP contribution in [0.1, 0.15) is 33.6 Å². The zero-order valence-electron chi connectivity index (χ0n) is 7.26. The maximum Gasteiger partial charge on any atom is 0.0581 e. The monoisotopic (exact) mass is 142 g/mol. The Morgan fingerprint density at radius 3 is 2.60 bits per heavy atom. The van der Waals surface area contributed by atoms with Gasteiger partial charge in [-0.15, -0.1) is 0 Å². The summed E-state index contributed by atoms with van der Waals surface area (Å²) in [6.45, 7) is 7.76. The average Bonchev–Trinajstić information content (AvgIpc) is 2.13. The van der Waals surface area contributed by atoms with E-state index in [4.69, 9.17) is 4.74 Å². The third kappa shape index (κ3) is 2.30. The van der Waals surface area contributed by atoms with Crippen molar-refractivity contribution in [2.75, 3.05) is 6.61 Å². The van der Waals surface area contributed by atoms with Gasteiger partial charge in [-0.05, 0) is 24.7 Å². The lowest BCUT2D eigenvalue weighted by Crippen LogP contribution is -2.08. The summed E-state index contributed by atoms with van der Waals surface area (Å²) in [7, 11) is 0. The largest absolute Gasteiger partial charge is 0.378 e. The van der Waals surface area contributed by atoms with Crippen molar-refractivity contribution in [2.24, 2.45) is 11.8 Å². The Bertz CT molecular complexity index is 98.9. The summed E-state index contributed by atoms with van der Waals surface area (Å²) in [5, 5.41) is 0. The standard InChI is InChI=1S/C9H18O/c1-7(2)4-9-5-8(3)6-10-9/h7-9H,4-6H2,1-3H3. The first kappa shape index (κ1) is 8.06. The van der Waals surface area contributed by atoms with Crippen LogP contribution in [0, 0.1) is 11.8 Å². The van der Waals surface area contributed by atoms with Gasteiger partial charge < -0.3 is 4.74 Å². The highest BCUT2D eigenvalue weighted by Gasteiger charge is 2.22. The van der Waals surface area contributed by atoms with E-state index >= 15 is 0 Å². The molecule has 0 saturated carbocycles. The number of rotatable bonds is 2. The van der Waals surface area contributed by atoms with Crippen LogP contribution in [-0.4, -0.2) is 12.7 Å². The van der Waals surface area contributed by atoms with Crippen LogP contribution < -0.4 is 0 Å². The highest BCUT2D eigenvalue weighted by Crippen LogP contribution is 2.23. The second-order valence-corrected chi connectivity index (χ2v) is 3.93. The van der Waals surface area contributed by atoms with E-state index in [0.29, 0.717) is 6.10 Å². The Balaban J connectivity index is 2.18. The molecule has 0 aromatic carbocycles. The number of hydrogen-bond donors (Lipinski definition) is 0. The summed E-state index contributed by atoms with van der Waals surface area (Å²) >= 11 is 0. The molecule has 2 atom stereocenters. The summed E-state index contributed by atoms with van der Waals surface area (Å²) in [4.78, 5) is 0. The topological polar surface area (TPSA) is 9.23 Å². The molecule has 0 amide bonds. The molecule has 1 fully saturated rings. The van der Waals surface area contributed by atoms with Crippen LogP contribution in [0.5, 0.6) is 0 Å². The van der Waals surface area contributed by atoms with Crippen LogP contribution in [-0.2, 0) is 4.74 Å². The maximum atomic E-state index is 5.58. The average molecular weight is 142 g/mol. The Morgan fingerprint density at radius 1 is 1.50 bits per heavy atom. The van der Waals surface area contributed by atoms with Gasteiger partial charge in [-0.1, -0.05) is 20.8 Å². The van der Waals surface area contributed by atoms with Gasteiger partial charge in [0.2, 0.25) is 0 Å². The van der Waals surface area contributed by atoms with Gasteiger partial charge in [0.05, 0.1) is 6.10 Å². The van der Waals surface area contributed by atoms with Gasteiger partial charge in [0, 0.05) is 6.61 Å². The molecule has 1 rings (SSSR count). The lowest BCUT2D eigenvalue weighted by Gasteiger charge is -2.10. The second-order valence-electron chi connectivity index (χ2n) is 3.93. The Kier molecular flexibility index (Phi) is 2.72. The van der Waals surface area contributed by atoms with Crippen molar-refractivity contribution in [2.45, 2.75) is 39.7 Å². The van der Waals surface area contributed by atoms with Crippen LogP contribution in [0.2, 0.25) is 0 Å². The van der Waals surface area contributed by atoms with Crippen molar-refractivity contribution >= 4 is 0 Å². The molecule has 0 aromatic heterocycles. The van der Waals surface area contributed by atoms with Crippen LogP contribution in [0.15, 0.2) is 0 Å². The van der Waals surface area contributed by atoms with Crippen molar-refractivity contribution in [1.29, 1.82) is 0 Å². The summed E-state index contributed by atoms with van der Waals surface area (Å²) in [6, 6.07) is 0. The molecule has 1 heteroatoms. The molecule has 60 valence electrons. The third-order valence-electron chi connectivity index (χ3n) is 2.02. The van der Waals surface area contributed by atoms with Gasteiger partial charge in [0.1, 0.15) is 0 Å². The molecule has 1 saturated heterocycles. The summed E-state index contributed by atoms with van der Waals surface area (Å²) in [5.74, 6) is 1.58. The zero-order valence-corrected chi connectivity index (χ0v) is 7.26. The SMILES string of the molecule is CC(C)CC1CC(C)CO1. The lowest BCUT2D eigenvalue weighted by molar-refractivity contribution is 0.0911. The van der Waals surface area contributed by atoms with Gasteiger partial charge >= 0.3 is 0 Å². The molecular weight excluding hydrogens is 124 g/mol. The number of hydrogen-bond acceptors (Lipinski definition) is 1. The van der Waals surface area contributed by atoms with E-state index in [1.807, 2.05) is 0 Å². The smallest absolute Gasteiger partial charge is 0.0581 e. The minimum Gasteiger partial charge on any atom is -0.378 e. The predicted molar refractivity (Wildman–Crippen MR) is 43.0 cm³/mol. The molecule has 0 aromatic rings.